The van der Waals surface area contributed by atoms with E-state index in [0.717, 1.165) is 16.7 Å². The van der Waals surface area contributed by atoms with Gasteiger partial charge in [-0.05, 0) is 18.1 Å². The van der Waals surface area contributed by atoms with Gasteiger partial charge in [-0.1, -0.05) is 60.2 Å². The van der Waals surface area contributed by atoms with Crippen molar-refractivity contribution in [1.29, 1.82) is 5.26 Å². The number of nitrogen functional groups attached to an aromatic ring is 2. The molecule has 0 spiro atoms. The van der Waals surface area contributed by atoms with Crippen LogP contribution in [0.1, 0.15) is 26.4 Å². The molecule has 31 heavy (non-hydrogen) atoms. The first-order chi connectivity index (χ1) is 14.9. The van der Waals surface area contributed by atoms with Crippen LogP contribution in [-0.4, -0.2) is 22.8 Å². The molecule has 154 valence electrons. The first-order valence-corrected chi connectivity index (χ1v) is 10.5. The summed E-state index contributed by atoms with van der Waals surface area (Å²) in [5, 5.41) is 10.3. The Labute approximate surface area is 184 Å². The van der Waals surface area contributed by atoms with E-state index in [2.05, 4.69) is 11.1 Å². The number of amides is 1. The number of fused-ring (bicyclic) bond motifs is 1. The van der Waals surface area contributed by atoms with Gasteiger partial charge in [0.1, 0.15) is 27.2 Å². The number of benzene rings is 2. The molecular formula is C24H21N5OS. The Morgan fingerprint density at radius 3 is 2.45 bits per heavy atom. The highest BCUT2D eigenvalue weighted by Gasteiger charge is 2.25. The molecule has 2 heterocycles. The number of rotatable bonds is 4. The zero-order valence-electron chi connectivity index (χ0n) is 17.2. The van der Waals surface area contributed by atoms with Gasteiger partial charge in [-0.2, -0.15) is 5.26 Å². The van der Waals surface area contributed by atoms with E-state index in [1.54, 1.807) is 11.9 Å². The van der Waals surface area contributed by atoms with E-state index in [0.29, 0.717) is 32.9 Å². The predicted octanol–water partition coefficient (Wildman–Crippen LogP) is 4.58. The summed E-state index contributed by atoms with van der Waals surface area (Å²) in [6, 6.07) is 19.7. The van der Waals surface area contributed by atoms with Crippen LogP contribution in [-0.2, 0) is 6.54 Å². The van der Waals surface area contributed by atoms with Gasteiger partial charge in [0.05, 0.1) is 5.69 Å². The fraction of sp³-hybridized carbons (Fsp3) is 0.125. The summed E-state index contributed by atoms with van der Waals surface area (Å²) in [4.78, 5) is 20.1. The molecule has 0 saturated heterocycles. The number of anilines is 2. The molecule has 0 radical (unpaired) electrons. The lowest BCUT2D eigenvalue weighted by molar-refractivity contribution is 0.0791. The molecule has 4 N–H and O–H groups in total. The van der Waals surface area contributed by atoms with Gasteiger partial charge in [0, 0.05) is 24.5 Å². The van der Waals surface area contributed by atoms with E-state index in [4.69, 9.17) is 11.5 Å². The highest BCUT2D eigenvalue weighted by atomic mass is 32.1. The van der Waals surface area contributed by atoms with Gasteiger partial charge in [0.25, 0.3) is 5.91 Å². The van der Waals surface area contributed by atoms with Crippen LogP contribution < -0.4 is 11.5 Å². The molecule has 6 nitrogen and oxygen atoms in total. The van der Waals surface area contributed by atoms with Crippen molar-refractivity contribution < 1.29 is 4.79 Å². The Hall–Kier alpha value is -3.89. The zero-order chi connectivity index (χ0) is 22.1. The number of aromatic nitrogens is 1. The van der Waals surface area contributed by atoms with Crippen molar-refractivity contribution in [2.75, 3.05) is 18.5 Å². The molecule has 1 amide bonds. The third kappa shape index (κ3) is 3.69. The van der Waals surface area contributed by atoms with Gasteiger partial charge >= 0.3 is 0 Å². The number of hydrogen-bond donors (Lipinski definition) is 2. The third-order valence-electron chi connectivity index (χ3n) is 5.16. The number of pyridine rings is 1. The zero-order valence-corrected chi connectivity index (χ0v) is 18.0. The molecule has 0 fully saturated rings. The van der Waals surface area contributed by atoms with E-state index in [1.165, 1.54) is 11.3 Å². The van der Waals surface area contributed by atoms with Crippen molar-refractivity contribution in [1.82, 2.24) is 9.88 Å². The van der Waals surface area contributed by atoms with E-state index in [1.807, 2.05) is 61.5 Å². The van der Waals surface area contributed by atoms with Gasteiger partial charge in [-0.3, -0.25) is 4.79 Å². The molecular weight excluding hydrogens is 406 g/mol. The highest BCUT2D eigenvalue weighted by Crippen LogP contribution is 2.43. The number of carbonyl (C=O) groups excluding carboxylic acids is 1. The molecule has 0 aliphatic carbocycles. The number of carbonyl (C=O) groups is 1. The molecule has 4 aromatic rings. The van der Waals surface area contributed by atoms with Crippen LogP contribution in [0.3, 0.4) is 0 Å². The Morgan fingerprint density at radius 1 is 1.13 bits per heavy atom. The van der Waals surface area contributed by atoms with Crippen molar-refractivity contribution in [3.63, 3.8) is 0 Å². The second-order valence-electron chi connectivity index (χ2n) is 7.40. The van der Waals surface area contributed by atoms with Crippen LogP contribution in [0.2, 0.25) is 0 Å². The van der Waals surface area contributed by atoms with Crippen LogP contribution in [0.5, 0.6) is 0 Å². The minimum atomic E-state index is -0.198. The average Bonchev–Trinajstić information content (AvgIpc) is 3.09. The Bertz CT molecular complexity index is 1320. The molecule has 0 atom stereocenters. The maximum absolute atomic E-state index is 13.2. The quantitative estimate of drug-likeness (QED) is 0.495. The Morgan fingerprint density at radius 2 is 1.81 bits per heavy atom. The second-order valence-corrected chi connectivity index (χ2v) is 8.40. The maximum atomic E-state index is 13.2. The molecule has 4 rings (SSSR count). The van der Waals surface area contributed by atoms with Crippen molar-refractivity contribution in [3.8, 4) is 17.2 Å². The van der Waals surface area contributed by atoms with E-state index < -0.39 is 0 Å². The minimum Gasteiger partial charge on any atom is -0.397 e. The largest absolute Gasteiger partial charge is 0.397 e. The highest BCUT2D eigenvalue weighted by molar-refractivity contribution is 7.21. The fourth-order valence-corrected chi connectivity index (χ4v) is 4.66. The Kier molecular flexibility index (Phi) is 5.32. The summed E-state index contributed by atoms with van der Waals surface area (Å²) in [6.07, 6.45) is 0. The van der Waals surface area contributed by atoms with Crippen molar-refractivity contribution >= 4 is 39.0 Å². The first-order valence-electron chi connectivity index (χ1n) is 9.68. The molecule has 0 bridgehead atoms. The first kappa shape index (κ1) is 20.4. The summed E-state index contributed by atoms with van der Waals surface area (Å²) < 4.78 is 0. The van der Waals surface area contributed by atoms with Gasteiger partial charge in [0.2, 0.25) is 0 Å². The number of nitriles is 1. The van der Waals surface area contributed by atoms with Gasteiger partial charge in [0.15, 0.2) is 0 Å². The molecule has 2 aromatic carbocycles. The summed E-state index contributed by atoms with van der Waals surface area (Å²) in [5.41, 5.74) is 16.7. The number of thiophene rings is 1. The number of hydrogen-bond acceptors (Lipinski definition) is 6. The van der Waals surface area contributed by atoms with Gasteiger partial charge in [-0.15, -0.1) is 11.3 Å². The topological polar surface area (TPSA) is 109 Å². The van der Waals surface area contributed by atoms with Crippen LogP contribution in [0, 0.1) is 18.3 Å². The lowest BCUT2D eigenvalue weighted by Gasteiger charge is -2.16. The third-order valence-corrected chi connectivity index (χ3v) is 6.25. The minimum absolute atomic E-state index is 0.128. The van der Waals surface area contributed by atoms with Crippen molar-refractivity contribution in [2.24, 2.45) is 0 Å². The number of nitrogens with zero attached hydrogens (tertiary/aromatic N) is 3. The molecule has 2 aromatic heterocycles. The SMILES string of the molecule is Cc1ccc(-c2c(C#N)c(N)nc3sc(C(=O)N(C)Cc4ccccc4)c(N)c23)cc1. The van der Waals surface area contributed by atoms with Crippen LogP contribution in [0.25, 0.3) is 21.3 Å². The smallest absolute Gasteiger partial charge is 0.266 e. The summed E-state index contributed by atoms with van der Waals surface area (Å²) in [7, 11) is 1.74. The van der Waals surface area contributed by atoms with Crippen LogP contribution in [0.4, 0.5) is 11.5 Å². The van der Waals surface area contributed by atoms with E-state index in [-0.39, 0.29) is 17.3 Å². The second kappa shape index (κ2) is 8.09. The lowest BCUT2D eigenvalue weighted by Crippen LogP contribution is -2.26. The van der Waals surface area contributed by atoms with Gasteiger partial charge < -0.3 is 16.4 Å². The molecule has 7 heteroatoms. The van der Waals surface area contributed by atoms with Gasteiger partial charge in [-0.25, -0.2) is 4.98 Å². The average molecular weight is 428 g/mol. The lowest BCUT2D eigenvalue weighted by atomic mass is 9.96. The molecule has 0 aliphatic rings. The van der Waals surface area contributed by atoms with Crippen molar-refractivity contribution in [3.05, 3.63) is 76.2 Å². The molecule has 0 aliphatic heterocycles. The summed E-state index contributed by atoms with van der Waals surface area (Å²) >= 11 is 1.20. The van der Waals surface area contributed by atoms with Crippen LogP contribution in [0.15, 0.2) is 54.6 Å². The van der Waals surface area contributed by atoms with E-state index in [9.17, 15) is 10.1 Å². The molecule has 0 unspecified atom stereocenters. The summed E-state index contributed by atoms with van der Waals surface area (Å²) in [5.74, 6) is -0.0697. The summed E-state index contributed by atoms with van der Waals surface area (Å²) in [6.45, 7) is 2.45. The van der Waals surface area contributed by atoms with Crippen molar-refractivity contribution in [2.45, 2.75) is 13.5 Å². The number of nitrogens with two attached hydrogens (primary N) is 2. The Balaban J connectivity index is 1.85. The predicted molar refractivity (Wildman–Crippen MR) is 126 cm³/mol. The standard InChI is InChI=1S/C24H21N5OS/c1-14-8-10-16(11-9-14)18-17(12-25)22(27)28-23-19(18)20(26)21(31-23)24(30)29(2)13-15-6-4-3-5-7-15/h3-11H,13,26H2,1-2H3,(H2,27,28). The number of aryl methyl sites for hydroxylation is 1. The van der Waals surface area contributed by atoms with Crippen LogP contribution >= 0.6 is 11.3 Å². The van der Waals surface area contributed by atoms with E-state index >= 15 is 0 Å². The monoisotopic (exact) mass is 427 g/mol. The molecule has 0 saturated carbocycles. The maximum Gasteiger partial charge on any atom is 0.266 e. The fourth-order valence-electron chi connectivity index (χ4n) is 3.55. The normalized spacial score (nSPS) is 10.7.